The molecule has 8 aromatic rings. The van der Waals surface area contributed by atoms with E-state index in [0.717, 1.165) is 0 Å². The molecule has 0 spiro atoms. The molecular weight excluding hydrogens is 1030 g/mol. The zero-order chi connectivity index (χ0) is 40.7. The van der Waals surface area contributed by atoms with Crippen molar-refractivity contribution in [3.8, 4) is 0 Å². The molecule has 7 heteroatoms. The zero-order valence-corrected chi connectivity index (χ0v) is 41.5. The Kier molecular flexibility index (Phi) is 22.0. The first kappa shape index (κ1) is 47.8. The Bertz CT molecular complexity index is 1790. The van der Waals surface area contributed by atoms with Crippen LogP contribution in [0.2, 0.25) is 0 Å². The number of rotatable bonds is 14. The quantitative estimate of drug-likeness (QED) is 0.0752. The molecule has 0 aliphatic rings. The molecule has 306 valence electrons. The molecule has 0 unspecified atom stereocenters. The topological polar surface area (TPSA) is 0 Å². The molecule has 60 heavy (non-hydrogen) atoms. The molecule has 0 atom stereocenters. The first-order valence-corrected chi connectivity index (χ1v) is 28.1. The van der Waals surface area contributed by atoms with Crippen molar-refractivity contribution in [1.82, 2.24) is 0 Å². The molecule has 0 saturated carbocycles. The van der Waals surface area contributed by atoms with Crippen LogP contribution in [0.3, 0.4) is 0 Å². The van der Waals surface area contributed by atoms with E-state index in [2.05, 4.69) is 243 Å². The van der Waals surface area contributed by atoms with E-state index in [0.29, 0.717) is 0 Å². The van der Waals surface area contributed by atoms with Crippen LogP contribution in [0.4, 0.5) is 0 Å². The Hall–Kier alpha value is -3.25. The van der Waals surface area contributed by atoms with E-state index in [-0.39, 0.29) is 26.4 Å². The van der Waals surface area contributed by atoms with Crippen molar-refractivity contribution >= 4 is 97.3 Å². The van der Waals surface area contributed by atoms with E-state index in [4.69, 9.17) is 23.2 Å². The maximum absolute atomic E-state index is 4.76. The van der Waals surface area contributed by atoms with Gasteiger partial charge in [0.2, 0.25) is 0 Å². The molecule has 0 radical (unpaired) electrons. The summed E-state index contributed by atoms with van der Waals surface area (Å²) in [4.78, 5) is 0. The summed E-state index contributed by atoms with van der Waals surface area (Å²) in [5.74, 6) is 0. The summed E-state index contributed by atoms with van der Waals surface area (Å²) in [6.45, 7) is 0. The van der Waals surface area contributed by atoms with E-state index in [1.165, 1.54) is 67.1 Å². The van der Waals surface area contributed by atoms with Crippen LogP contribution < -0.4 is 42.4 Å². The Morgan fingerprint density at radius 3 is 0.417 bits per heavy atom. The molecule has 0 aromatic heterocycles. The van der Waals surface area contributed by atoms with Gasteiger partial charge < -0.3 is 0 Å². The van der Waals surface area contributed by atoms with Crippen LogP contribution >= 0.6 is 54.9 Å². The van der Waals surface area contributed by atoms with Crippen molar-refractivity contribution in [1.29, 1.82) is 0 Å². The van der Waals surface area contributed by atoms with Gasteiger partial charge in [-0.25, -0.2) is 0 Å². The number of benzene rings is 8. The molecule has 0 heterocycles. The molecule has 0 fully saturated rings. The third kappa shape index (κ3) is 15.0. The van der Waals surface area contributed by atoms with E-state index in [9.17, 15) is 0 Å². The minimum Gasteiger partial charge on any atom is -0.109 e. The van der Waals surface area contributed by atoms with Crippen LogP contribution in [-0.4, -0.2) is 30.0 Å². The van der Waals surface area contributed by atoms with Gasteiger partial charge in [-0.2, -0.15) is 0 Å². The summed E-state index contributed by atoms with van der Waals surface area (Å²) in [5.41, 5.74) is 0. The van der Waals surface area contributed by atoms with Crippen molar-refractivity contribution in [3.05, 3.63) is 243 Å². The summed E-state index contributed by atoms with van der Waals surface area (Å²) in [6.07, 6.45) is 5.04. The summed E-state index contributed by atoms with van der Waals surface area (Å²) in [5, 5.41) is 12.3. The van der Waals surface area contributed by atoms with Gasteiger partial charge in [-0.3, -0.25) is 0 Å². The predicted octanol–water partition coefficient (Wildman–Crippen LogP) is 10.9. The zero-order valence-electron chi connectivity index (χ0n) is 33.7. The van der Waals surface area contributed by atoms with Gasteiger partial charge in [-0.1, -0.05) is 146 Å². The number of hydrogen-bond donors (Lipinski definition) is 0. The fourth-order valence-corrected chi connectivity index (χ4v) is 19.8. The van der Waals surface area contributed by atoms with Crippen LogP contribution in [0.25, 0.3) is 0 Å². The summed E-state index contributed by atoms with van der Waals surface area (Å²) >= 11 is 9.53. The van der Waals surface area contributed by atoms with Crippen molar-refractivity contribution < 1.29 is 21.1 Å². The molecule has 0 aliphatic heterocycles. The monoisotopic (exact) mass is 1080 g/mol. The van der Waals surface area contributed by atoms with Crippen molar-refractivity contribution in [2.75, 3.05) is 30.0 Å². The maximum Gasteiger partial charge on any atom is 0.101 e. The van der Waals surface area contributed by atoms with Gasteiger partial charge in [-0.05, 0) is 97.1 Å². The van der Waals surface area contributed by atoms with E-state index in [1.54, 1.807) is 0 Å². The fraction of sp³-hybridized carbons (Fsp3) is 0.0943. The fourth-order valence-electron chi connectivity index (χ4n) is 7.44. The molecular formula is C53H54Cl2P4Pt+4. The first-order chi connectivity index (χ1) is 29.2. The second-order valence-corrected chi connectivity index (χ2v) is 25.2. The summed E-state index contributed by atoms with van der Waals surface area (Å²) in [6, 6.07) is 89.0. The second-order valence-electron chi connectivity index (χ2n) is 13.9. The smallest absolute Gasteiger partial charge is 0.101 e. The Morgan fingerprint density at radius 1 is 0.217 bits per heavy atom. The van der Waals surface area contributed by atoms with Gasteiger partial charge in [-0.15, -0.1) is 23.2 Å². The molecule has 0 bridgehead atoms. The average molecular weight is 1080 g/mol. The van der Waals surface area contributed by atoms with Gasteiger partial charge in [0.15, 0.2) is 0 Å². The summed E-state index contributed by atoms with van der Waals surface area (Å²) in [7, 11) is -3.13. The maximum atomic E-state index is 4.76. The minimum atomic E-state index is -0.783. The van der Waals surface area contributed by atoms with Crippen molar-refractivity contribution in [2.45, 2.75) is 0 Å². The third-order valence-electron chi connectivity index (χ3n) is 10.2. The van der Waals surface area contributed by atoms with Crippen LogP contribution in [0.1, 0.15) is 0 Å². The van der Waals surface area contributed by atoms with Crippen LogP contribution in [-0.2, 0) is 21.1 Å². The SMILES string of the molecule is ClCCl.[Pt].c1ccc([PH+](CC[PH+](c2ccccc2)c2ccccc2)c2ccccc2)cc1.c1ccc([PH+](CC[PH+](c2ccccc2)c2ccccc2)c2ccccc2)cc1. The standard InChI is InChI=1S/2C26H24P2.CH2Cl2.Pt/c2*1-5-13-23(14-6-1)27(24-15-7-2-8-16-24)21-22-28(25-17-9-3-10-18-25)26-19-11-4-12-20-26;2-1-3;/h2*1-20H,21-22H2;1H2;/p+4. The van der Waals surface area contributed by atoms with Crippen molar-refractivity contribution in [2.24, 2.45) is 0 Å². The number of hydrogen-bond acceptors (Lipinski definition) is 0. The van der Waals surface area contributed by atoms with E-state index < -0.39 is 31.7 Å². The second kappa shape index (κ2) is 27.6. The van der Waals surface area contributed by atoms with Crippen molar-refractivity contribution in [3.63, 3.8) is 0 Å². The molecule has 8 rings (SSSR count). The molecule has 0 amide bonds. The largest absolute Gasteiger partial charge is 0.109 e. The van der Waals surface area contributed by atoms with E-state index >= 15 is 0 Å². The Morgan fingerprint density at radius 2 is 0.317 bits per heavy atom. The molecule has 0 aliphatic carbocycles. The predicted molar refractivity (Wildman–Crippen MR) is 278 cm³/mol. The molecule has 8 aromatic carbocycles. The normalized spacial score (nSPS) is 10.6. The molecule has 0 nitrogen and oxygen atoms in total. The van der Waals surface area contributed by atoms with Gasteiger partial charge in [0, 0.05) is 21.1 Å². The van der Waals surface area contributed by atoms with Crippen LogP contribution in [0.5, 0.6) is 0 Å². The van der Waals surface area contributed by atoms with Gasteiger partial charge in [0.25, 0.3) is 0 Å². The number of alkyl halides is 2. The van der Waals surface area contributed by atoms with Gasteiger partial charge in [0.05, 0.1) is 79.5 Å². The van der Waals surface area contributed by atoms with Crippen LogP contribution in [0, 0.1) is 0 Å². The van der Waals surface area contributed by atoms with Crippen LogP contribution in [0.15, 0.2) is 243 Å². The average Bonchev–Trinajstić information content (AvgIpc) is 3.32. The van der Waals surface area contributed by atoms with Gasteiger partial charge in [0.1, 0.15) is 24.6 Å². The Balaban J connectivity index is 0.000000210. The number of halogens is 2. The summed E-state index contributed by atoms with van der Waals surface area (Å²) < 4.78 is 0. The Labute approximate surface area is 388 Å². The molecule has 0 N–H and O–H groups in total. The van der Waals surface area contributed by atoms with E-state index in [1.807, 2.05) is 0 Å². The molecule has 0 saturated heterocycles. The first-order valence-electron chi connectivity index (χ1n) is 20.2. The minimum absolute atomic E-state index is 0. The van der Waals surface area contributed by atoms with Gasteiger partial charge >= 0.3 is 0 Å². The third-order valence-corrected chi connectivity index (χ3v) is 22.5.